The van der Waals surface area contributed by atoms with Gasteiger partial charge in [-0.1, -0.05) is 42.5 Å². The van der Waals surface area contributed by atoms with Crippen molar-refractivity contribution < 1.29 is 9.59 Å². The van der Waals surface area contributed by atoms with E-state index in [9.17, 15) is 9.59 Å². The van der Waals surface area contributed by atoms with E-state index in [1.165, 1.54) is 11.1 Å². The highest BCUT2D eigenvalue weighted by atomic mass is 32.2. The summed E-state index contributed by atoms with van der Waals surface area (Å²) < 4.78 is 0. The van der Waals surface area contributed by atoms with Crippen LogP contribution in [0.4, 0.5) is 5.69 Å². The fraction of sp³-hybridized carbons (Fsp3) is 0.200. The maximum atomic E-state index is 13.4. The summed E-state index contributed by atoms with van der Waals surface area (Å²) >= 11 is 1.67. The van der Waals surface area contributed by atoms with Gasteiger partial charge in [0.1, 0.15) is 11.5 Å². The van der Waals surface area contributed by atoms with Crippen molar-refractivity contribution in [1.82, 2.24) is 0 Å². The van der Waals surface area contributed by atoms with E-state index >= 15 is 0 Å². The molecule has 5 rings (SSSR count). The van der Waals surface area contributed by atoms with Gasteiger partial charge < -0.3 is 0 Å². The minimum Gasteiger partial charge on any atom is -0.299 e. The van der Waals surface area contributed by atoms with Crippen LogP contribution in [-0.4, -0.2) is 17.4 Å². The van der Waals surface area contributed by atoms with E-state index in [1.54, 1.807) is 23.9 Å². The lowest BCUT2D eigenvalue weighted by molar-refractivity contribution is -0.127. The second-order valence-corrected chi connectivity index (χ2v) is 8.81. The van der Waals surface area contributed by atoms with Crippen LogP contribution in [0.1, 0.15) is 34.3 Å². The highest BCUT2D eigenvalue weighted by Crippen LogP contribution is 2.56. The zero-order valence-corrected chi connectivity index (χ0v) is 16.8. The number of carbonyl (C=O) groups excluding carboxylic acids is 2. The molecule has 0 N–H and O–H groups in total. The molecule has 29 heavy (non-hydrogen) atoms. The number of β-lactam (4-membered cyclic amide) rings is 1. The largest absolute Gasteiger partial charge is 0.299 e. The molecule has 3 aromatic rings. The van der Waals surface area contributed by atoms with E-state index in [-0.39, 0.29) is 16.7 Å². The third-order valence-corrected chi connectivity index (χ3v) is 7.42. The number of thioether (sulfide) groups is 1. The lowest BCUT2D eigenvalue weighted by atomic mass is 9.67. The second-order valence-electron chi connectivity index (χ2n) is 7.63. The number of hydrogen-bond acceptors (Lipinski definition) is 3. The molecule has 2 unspecified atom stereocenters. The topological polar surface area (TPSA) is 37.4 Å². The van der Waals surface area contributed by atoms with E-state index in [1.807, 2.05) is 35.2 Å². The molecular formula is C25H21NO2S. The van der Waals surface area contributed by atoms with Gasteiger partial charge >= 0.3 is 0 Å². The van der Waals surface area contributed by atoms with Gasteiger partial charge in [0.15, 0.2) is 0 Å². The Balaban J connectivity index is 1.62. The first-order valence-corrected chi connectivity index (χ1v) is 10.8. The number of hydrogen-bond donors (Lipinski definition) is 0. The number of amides is 1. The van der Waals surface area contributed by atoms with Crippen molar-refractivity contribution in [3.8, 4) is 0 Å². The van der Waals surface area contributed by atoms with Gasteiger partial charge in [-0.2, -0.15) is 0 Å². The first kappa shape index (κ1) is 18.2. The van der Waals surface area contributed by atoms with Gasteiger partial charge in [0, 0.05) is 16.1 Å². The summed E-state index contributed by atoms with van der Waals surface area (Å²) in [6, 6.07) is 26.1. The van der Waals surface area contributed by atoms with Gasteiger partial charge in [0.2, 0.25) is 5.91 Å². The fourth-order valence-electron chi connectivity index (χ4n) is 4.76. The quantitative estimate of drug-likeness (QED) is 0.445. The molecular weight excluding hydrogens is 378 g/mol. The van der Waals surface area contributed by atoms with Crippen molar-refractivity contribution in [2.45, 2.75) is 34.9 Å². The van der Waals surface area contributed by atoms with E-state index < -0.39 is 0 Å². The first-order valence-electron chi connectivity index (χ1n) is 9.93. The van der Waals surface area contributed by atoms with E-state index in [4.69, 9.17) is 0 Å². The predicted molar refractivity (Wildman–Crippen MR) is 116 cm³/mol. The number of nitrogens with zero attached hydrogens (tertiary/aromatic N) is 1. The molecule has 0 radical (unpaired) electrons. The number of benzene rings is 3. The van der Waals surface area contributed by atoms with Gasteiger partial charge in [0.05, 0.1) is 5.54 Å². The summed E-state index contributed by atoms with van der Waals surface area (Å²) in [5.74, 6) is 0.134. The van der Waals surface area contributed by atoms with Crippen LogP contribution in [0.2, 0.25) is 0 Å². The highest BCUT2D eigenvalue weighted by Gasteiger charge is 2.62. The summed E-state index contributed by atoms with van der Waals surface area (Å²) in [4.78, 5) is 27.6. The molecule has 0 aromatic heterocycles. The molecule has 2 aliphatic rings. The first-order chi connectivity index (χ1) is 14.2. The third-order valence-electron chi connectivity index (χ3n) is 6.05. The van der Waals surface area contributed by atoms with Crippen molar-refractivity contribution in [3.05, 3.63) is 95.6 Å². The molecule has 1 spiro atoms. The molecule has 144 valence electrons. The molecule has 1 amide bonds. The Morgan fingerprint density at radius 2 is 1.66 bits per heavy atom. The number of anilines is 1. The van der Waals surface area contributed by atoms with Crippen LogP contribution in [0.3, 0.4) is 0 Å². The fourth-order valence-corrected chi connectivity index (χ4v) is 6.10. The molecule has 3 nitrogen and oxygen atoms in total. The molecule has 3 aromatic carbocycles. The van der Waals surface area contributed by atoms with Gasteiger partial charge in [-0.15, -0.1) is 11.8 Å². The van der Waals surface area contributed by atoms with Crippen LogP contribution in [0, 0.1) is 0 Å². The van der Waals surface area contributed by atoms with Crippen LogP contribution >= 0.6 is 11.8 Å². The van der Waals surface area contributed by atoms with Crippen molar-refractivity contribution in [2.75, 3.05) is 4.90 Å². The number of rotatable bonds is 4. The molecule has 0 bridgehead atoms. The normalized spacial score (nSPS) is 22.8. The molecule has 1 heterocycles. The van der Waals surface area contributed by atoms with Crippen LogP contribution in [0.15, 0.2) is 83.8 Å². The Morgan fingerprint density at radius 1 is 0.931 bits per heavy atom. The summed E-state index contributed by atoms with van der Waals surface area (Å²) in [6.07, 6.45) is 3.88. The number of carbonyl (C=O) groups is 2. The second kappa shape index (κ2) is 7.20. The van der Waals surface area contributed by atoms with E-state index in [2.05, 4.69) is 36.4 Å². The predicted octanol–water partition coefficient (Wildman–Crippen LogP) is 5.24. The van der Waals surface area contributed by atoms with Crippen LogP contribution in [-0.2, 0) is 16.8 Å². The maximum absolute atomic E-state index is 13.4. The zero-order valence-electron chi connectivity index (χ0n) is 16.0. The van der Waals surface area contributed by atoms with Crippen LogP contribution in [0.5, 0.6) is 0 Å². The summed E-state index contributed by atoms with van der Waals surface area (Å²) in [5.41, 5.74) is 3.73. The van der Waals surface area contributed by atoms with Crippen molar-refractivity contribution in [1.29, 1.82) is 0 Å². The maximum Gasteiger partial charge on any atom is 0.244 e. The van der Waals surface area contributed by atoms with Crippen LogP contribution in [0.25, 0.3) is 0 Å². The Hall–Kier alpha value is -2.85. The smallest absolute Gasteiger partial charge is 0.244 e. The van der Waals surface area contributed by atoms with Gasteiger partial charge in [-0.3, -0.25) is 14.5 Å². The third kappa shape index (κ3) is 2.82. The molecule has 0 saturated carbocycles. The summed E-state index contributed by atoms with van der Waals surface area (Å²) in [6.45, 7) is 0. The summed E-state index contributed by atoms with van der Waals surface area (Å²) in [7, 11) is 0. The Morgan fingerprint density at radius 3 is 2.41 bits per heavy atom. The van der Waals surface area contributed by atoms with Crippen molar-refractivity contribution >= 4 is 29.6 Å². The van der Waals surface area contributed by atoms with Crippen LogP contribution < -0.4 is 4.90 Å². The Kier molecular flexibility index (Phi) is 4.51. The van der Waals surface area contributed by atoms with E-state index in [0.717, 1.165) is 36.1 Å². The standard InChI is InChI=1S/C25H21NO2S/c27-17-18-12-14-20(15-13-18)26-24(28)23(29-21-9-2-1-3-10-21)25(26)16-6-8-19-7-4-5-11-22(19)25/h1-5,7,9-15,17,23H,6,8,16H2. The zero-order chi connectivity index (χ0) is 19.8. The molecule has 1 fully saturated rings. The number of aryl methyl sites for hydroxylation is 1. The summed E-state index contributed by atoms with van der Waals surface area (Å²) in [5, 5.41) is -0.155. The molecule has 1 aliphatic carbocycles. The van der Waals surface area contributed by atoms with Crippen molar-refractivity contribution in [3.63, 3.8) is 0 Å². The minimum absolute atomic E-state index is 0.134. The molecule has 1 aliphatic heterocycles. The van der Waals surface area contributed by atoms with Gasteiger partial charge in [0.25, 0.3) is 0 Å². The molecule has 1 saturated heterocycles. The molecule has 2 atom stereocenters. The average molecular weight is 400 g/mol. The minimum atomic E-state index is -0.352. The SMILES string of the molecule is O=Cc1ccc(N2C(=O)C(Sc3ccccc3)C23CCCc2ccccc23)cc1. The average Bonchev–Trinajstić information content (AvgIpc) is 2.79. The number of fused-ring (bicyclic) bond motifs is 2. The Bertz CT molecular complexity index is 1060. The molecule has 4 heteroatoms. The van der Waals surface area contributed by atoms with E-state index in [0.29, 0.717) is 5.56 Å². The lowest BCUT2D eigenvalue weighted by Crippen LogP contribution is -2.72. The van der Waals surface area contributed by atoms with Gasteiger partial charge in [-0.05, 0) is 66.8 Å². The monoisotopic (exact) mass is 399 g/mol. The highest BCUT2D eigenvalue weighted by molar-refractivity contribution is 8.00. The lowest BCUT2D eigenvalue weighted by Gasteiger charge is -2.59. The number of aldehydes is 1. The van der Waals surface area contributed by atoms with Crippen molar-refractivity contribution in [2.24, 2.45) is 0 Å². The van der Waals surface area contributed by atoms with Gasteiger partial charge in [-0.25, -0.2) is 0 Å². The Labute approximate surface area is 174 Å².